The van der Waals surface area contributed by atoms with E-state index in [0.29, 0.717) is 17.7 Å². The van der Waals surface area contributed by atoms with Gasteiger partial charge in [0.15, 0.2) is 0 Å². The Balaban J connectivity index is 1.95. The molecule has 0 aliphatic carbocycles. The number of hydrogen-bond acceptors (Lipinski definition) is 3. The van der Waals surface area contributed by atoms with Crippen LogP contribution in [-0.4, -0.2) is 41.4 Å². The number of carbonyl (C=O) groups is 3. The lowest BCUT2D eigenvalue weighted by molar-refractivity contribution is -0.120. The van der Waals surface area contributed by atoms with Gasteiger partial charge in [-0.3, -0.25) is 19.8 Å². The fraction of sp³-hybridized carbons (Fsp3) is 0.350. The van der Waals surface area contributed by atoms with Crippen LogP contribution < -0.4 is 10.2 Å². The maximum Gasteiger partial charge on any atom is 0.328 e. The zero-order valence-corrected chi connectivity index (χ0v) is 14.9. The molecular formula is C20H23N3O3. The van der Waals surface area contributed by atoms with Gasteiger partial charge in [0.25, 0.3) is 5.91 Å². The van der Waals surface area contributed by atoms with Crippen LogP contribution in [0.15, 0.2) is 49.1 Å². The average Bonchev–Trinajstić information content (AvgIpc) is 2.62. The number of carbonyl (C=O) groups excluding carboxylic acids is 3. The Bertz CT molecular complexity index is 771. The molecule has 1 N–H and O–H groups in total. The van der Waals surface area contributed by atoms with E-state index in [1.165, 1.54) is 4.90 Å². The van der Waals surface area contributed by atoms with Crippen molar-refractivity contribution in [1.82, 2.24) is 10.2 Å². The van der Waals surface area contributed by atoms with E-state index >= 15 is 0 Å². The van der Waals surface area contributed by atoms with Gasteiger partial charge < -0.3 is 4.90 Å². The molecule has 2 atom stereocenters. The maximum absolute atomic E-state index is 13.4. The van der Waals surface area contributed by atoms with Crippen molar-refractivity contribution in [2.45, 2.75) is 38.3 Å². The first-order valence-corrected chi connectivity index (χ1v) is 8.83. The molecule has 136 valence electrons. The number of rotatable bonds is 4. The van der Waals surface area contributed by atoms with Crippen molar-refractivity contribution >= 4 is 23.5 Å². The van der Waals surface area contributed by atoms with Gasteiger partial charge in [0.1, 0.15) is 0 Å². The number of para-hydroxylation sites is 1. The molecule has 1 aromatic rings. The number of nitrogens with one attached hydrogen (secondary N) is 1. The minimum Gasteiger partial charge on any atom is -0.329 e. The summed E-state index contributed by atoms with van der Waals surface area (Å²) in [5.41, 5.74) is 0.995. The van der Waals surface area contributed by atoms with Crippen LogP contribution in [0.2, 0.25) is 0 Å². The maximum atomic E-state index is 13.4. The molecule has 1 saturated heterocycles. The molecular weight excluding hydrogens is 330 g/mol. The standard InChI is InChI=1S/C20H23N3O3/c1-3-7-15-9-6-8-14(2)23(15)19(25)16-10-4-5-11-17(16)22-13-12-18(24)21-20(22)26/h3-6,8,10-11,14-15H,1,7,9,12-13H2,2H3,(H,21,24,26)/t14-,15-/m1/s1. The van der Waals surface area contributed by atoms with Crippen molar-refractivity contribution in [2.75, 3.05) is 11.4 Å². The largest absolute Gasteiger partial charge is 0.329 e. The molecule has 1 fully saturated rings. The summed E-state index contributed by atoms with van der Waals surface area (Å²) in [5.74, 6) is -0.412. The lowest BCUT2D eigenvalue weighted by Gasteiger charge is -2.38. The number of benzene rings is 1. The predicted octanol–water partition coefficient (Wildman–Crippen LogP) is 2.87. The van der Waals surface area contributed by atoms with Gasteiger partial charge in [0.05, 0.1) is 11.3 Å². The van der Waals surface area contributed by atoms with Crippen molar-refractivity contribution in [3.05, 3.63) is 54.6 Å². The third-order valence-electron chi connectivity index (χ3n) is 4.81. The van der Waals surface area contributed by atoms with Crippen LogP contribution in [0.3, 0.4) is 0 Å². The number of amides is 4. The van der Waals surface area contributed by atoms with Crippen molar-refractivity contribution in [3.63, 3.8) is 0 Å². The summed E-state index contributed by atoms with van der Waals surface area (Å²) < 4.78 is 0. The topological polar surface area (TPSA) is 69.7 Å². The number of nitrogens with zero attached hydrogens (tertiary/aromatic N) is 2. The molecule has 6 heteroatoms. The summed E-state index contributed by atoms with van der Waals surface area (Å²) >= 11 is 0. The molecule has 0 unspecified atom stereocenters. The van der Waals surface area contributed by atoms with Crippen molar-refractivity contribution in [2.24, 2.45) is 0 Å². The Labute approximate surface area is 153 Å². The van der Waals surface area contributed by atoms with Crippen LogP contribution in [0, 0.1) is 0 Å². The highest BCUT2D eigenvalue weighted by molar-refractivity contribution is 6.09. The molecule has 1 aromatic carbocycles. The third kappa shape index (κ3) is 3.40. The van der Waals surface area contributed by atoms with E-state index in [9.17, 15) is 14.4 Å². The normalized spacial score (nSPS) is 23.0. The molecule has 26 heavy (non-hydrogen) atoms. The molecule has 0 aromatic heterocycles. The van der Waals surface area contributed by atoms with Crippen molar-refractivity contribution in [1.29, 1.82) is 0 Å². The molecule has 2 aliphatic heterocycles. The fourth-order valence-electron chi connectivity index (χ4n) is 3.55. The second-order valence-corrected chi connectivity index (χ2v) is 6.57. The number of imide groups is 1. The van der Waals surface area contributed by atoms with Crippen LogP contribution >= 0.6 is 0 Å². The zero-order chi connectivity index (χ0) is 18.7. The predicted molar refractivity (Wildman–Crippen MR) is 99.9 cm³/mol. The zero-order valence-electron chi connectivity index (χ0n) is 14.9. The van der Waals surface area contributed by atoms with Crippen LogP contribution in [0.4, 0.5) is 10.5 Å². The minimum atomic E-state index is -0.490. The first-order valence-electron chi connectivity index (χ1n) is 8.83. The summed E-state index contributed by atoms with van der Waals surface area (Å²) in [5, 5.41) is 2.31. The van der Waals surface area contributed by atoms with Gasteiger partial charge in [0, 0.05) is 25.0 Å². The second-order valence-electron chi connectivity index (χ2n) is 6.57. The van der Waals surface area contributed by atoms with Gasteiger partial charge in [-0.15, -0.1) is 6.58 Å². The van der Waals surface area contributed by atoms with Crippen molar-refractivity contribution in [3.8, 4) is 0 Å². The van der Waals surface area contributed by atoms with E-state index in [0.717, 1.165) is 6.42 Å². The Hall–Kier alpha value is -2.89. The van der Waals surface area contributed by atoms with Crippen LogP contribution in [0.5, 0.6) is 0 Å². The van der Waals surface area contributed by atoms with E-state index in [2.05, 4.69) is 18.0 Å². The summed E-state index contributed by atoms with van der Waals surface area (Å²) in [7, 11) is 0. The number of anilines is 1. The molecule has 6 nitrogen and oxygen atoms in total. The first-order chi connectivity index (χ1) is 12.5. The SMILES string of the molecule is C=CC[C@@H]1CC=C[C@@H](C)N1C(=O)c1ccccc1N1CCC(=O)NC1=O. The highest BCUT2D eigenvalue weighted by atomic mass is 16.2. The van der Waals surface area contributed by atoms with E-state index in [1.54, 1.807) is 24.3 Å². The van der Waals surface area contributed by atoms with Gasteiger partial charge in [-0.05, 0) is 31.9 Å². The molecule has 2 aliphatic rings. The Morgan fingerprint density at radius 1 is 1.35 bits per heavy atom. The molecule has 0 radical (unpaired) electrons. The summed E-state index contributed by atoms with van der Waals surface area (Å²) in [6, 6.07) is 6.58. The molecule has 2 heterocycles. The molecule has 0 spiro atoms. The van der Waals surface area contributed by atoms with Crippen LogP contribution in [-0.2, 0) is 4.79 Å². The number of hydrogen-bond donors (Lipinski definition) is 1. The van der Waals surface area contributed by atoms with Gasteiger partial charge in [0.2, 0.25) is 5.91 Å². The Morgan fingerprint density at radius 3 is 2.85 bits per heavy atom. The third-order valence-corrected chi connectivity index (χ3v) is 4.81. The molecule has 3 rings (SSSR count). The highest BCUT2D eigenvalue weighted by Gasteiger charge is 2.33. The van der Waals surface area contributed by atoms with Gasteiger partial charge in [-0.2, -0.15) is 0 Å². The van der Waals surface area contributed by atoms with E-state index in [4.69, 9.17) is 0 Å². The lowest BCUT2D eigenvalue weighted by atomic mass is 9.98. The monoisotopic (exact) mass is 353 g/mol. The van der Waals surface area contributed by atoms with E-state index < -0.39 is 6.03 Å². The van der Waals surface area contributed by atoms with E-state index in [-0.39, 0.29) is 36.9 Å². The van der Waals surface area contributed by atoms with E-state index in [1.807, 2.05) is 24.0 Å². The highest BCUT2D eigenvalue weighted by Crippen LogP contribution is 2.28. The lowest BCUT2D eigenvalue weighted by Crippen LogP contribution is -2.51. The van der Waals surface area contributed by atoms with Gasteiger partial charge in [-0.25, -0.2) is 4.79 Å². The quantitative estimate of drug-likeness (QED) is 0.846. The summed E-state index contributed by atoms with van der Waals surface area (Å²) in [6.45, 7) is 6.05. The minimum absolute atomic E-state index is 0.0361. The molecule has 4 amide bonds. The Kier molecular flexibility index (Phi) is 5.21. The number of urea groups is 1. The smallest absolute Gasteiger partial charge is 0.328 e. The summed E-state index contributed by atoms with van der Waals surface area (Å²) in [6.07, 6.45) is 7.65. The van der Waals surface area contributed by atoms with Crippen molar-refractivity contribution < 1.29 is 14.4 Å². The first kappa shape index (κ1) is 17.9. The molecule has 0 saturated carbocycles. The average molecular weight is 353 g/mol. The van der Waals surface area contributed by atoms with Gasteiger partial charge >= 0.3 is 6.03 Å². The molecule has 0 bridgehead atoms. The summed E-state index contributed by atoms with van der Waals surface area (Å²) in [4.78, 5) is 40.3. The second kappa shape index (κ2) is 7.56. The van der Waals surface area contributed by atoms with Crippen LogP contribution in [0.25, 0.3) is 0 Å². The van der Waals surface area contributed by atoms with Gasteiger partial charge in [-0.1, -0.05) is 30.4 Å². The fourth-order valence-corrected chi connectivity index (χ4v) is 3.55. The van der Waals surface area contributed by atoms with Crippen LogP contribution in [0.1, 0.15) is 36.5 Å². The Morgan fingerprint density at radius 2 is 2.12 bits per heavy atom.